The van der Waals surface area contributed by atoms with Crippen molar-refractivity contribution in [3.8, 4) is 23.0 Å². The third kappa shape index (κ3) is 6.61. The number of carbonyl (C=O) groups is 1. The van der Waals surface area contributed by atoms with Crippen molar-refractivity contribution < 1.29 is 27.4 Å². The lowest BCUT2D eigenvalue weighted by Gasteiger charge is -2.55. The van der Waals surface area contributed by atoms with E-state index in [-0.39, 0.29) is 60.9 Å². The average Bonchev–Trinajstić information content (AvgIpc) is 3.95. The van der Waals surface area contributed by atoms with Crippen LogP contribution in [0.1, 0.15) is 38.4 Å². The van der Waals surface area contributed by atoms with Gasteiger partial charge in [-0.25, -0.2) is 32.8 Å². The molecule has 6 aromatic rings. The van der Waals surface area contributed by atoms with Gasteiger partial charge >= 0.3 is 6.01 Å². The first kappa shape index (κ1) is 39.4. The van der Waals surface area contributed by atoms with Crippen LogP contribution in [0.2, 0.25) is 0 Å². The van der Waals surface area contributed by atoms with E-state index in [4.69, 9.17) is 35.4 Å². The number of benzene rings is 2. The van der Waals surface area contributed by atoms with Gasteiger partial charge in [-0.2, -0.15) is 25.6 Å². The highest BCUT2D eigenvalue weighted by molar-refractivity contribution is 5.94. The van der Waals surface area contributed by atoms with Gasteiger partial charge in [0, 0.05) is 62.6 Å². The number of hydrogen-bond donors (Lipinski definition) is 2. The van der Waals surface area contributed by atoms with Crippen LogP contribution in [0.4, 0.5) is 24.9 Å². The van der Waals surface area contributed by atoms with E-state index in [1.807, 2.05) is 23.3 Å². The molecule has 62 heavy (non-hydrogen) atoms. The Morgan fingerprint density at radius 3 is 2.58 bits per heavy atom. The largest absolute Gasteiger partial charge is 0.458 e. The van der Waals surface area contributed by atoms with E-state index in [1.165, 1.54) is 34.1 Å². The number of ether oxygens (including phenoxy) is 2. The zero-order valence-electron chi connectivity index (χ0n) is 34.0. The molecule has 6 atom stereocenters. The number of likely N-dealkylation sites (N-methyl/N-ethyl adjacent to an activating group) is 1. The normalized spacial score (nSPS) is 23.5. The molecule has 4 aromatic heterocycles. The van der Waals surface area contributed by atoms with Gasteiger partial charge in [-0.15, -0.1) is 0 Å². The summed E-state index contributed by atoms with van der Waals surface area (Å²) < 4.78 is 60.8. The maximum absolute atomic E-state index is 15.5. The summed E-state index contributed by atoms with van der Waals surface area (Å²) in [5, 5.41) is 17.6. The highest BCUT2D eigenvalue weighted by atomic mass is 19.1. The third-order valence-corrected chi connectivity index (χ3v) is 12.4. The summed E-state index contributed by atoms with van der Waals surface area (Å²) in [6, 6.07) is 6.65. The van der Waals surface area contributed by atoms with Crippen LogP contribution in [-0.4, -0.2) is 125 Å². The number of imidazole rings is 1. The van der Waals surface area contributed by atoms with Gasteiger partial charge in [0.2, 0.25) is 11.9 Å². The van der Waals surface area contributed by atoms with E-state index in [0.29, 0.717) is 71.3 Å². The van der Waals surface area contributed by atoms with Crippen molar-refractivity contribution in [2.24, 2.45) is 5.22 Å². The Kier molecular flexibility index (Phi) is 9.71. The van der Waals surface area contributed by atoms with E-state index < -0.39 is 35.7 Å². The predicted molar refractivity (Wildman–Crippen MR) is 219 cm³/mol. The van der Waals surface area contributed by atoms with Crippen LogP contribution >= 0.6 is 0 Å². The standard InChI is InChI=1S/C41H42F3N15O3/c1-4-61-28-17-54(3)39(60)35-15-27(62-41-47-8-7-32(50-41)29-9-23(43)11-33-36(29)55(19-28)21(2)49-33)18-56(35)37-30-16-48-59(34-6-5-22(42)10-31(34)44)38(30)52-40(51-37)58-25-12-24(13-26(58)14-25)57(20-45)53-46/h5-11,16,20,24-28,35,45-46H,4,12-15,17-19H2,1-3H3/t24?,25-,26+,27-,28-,35-/m0/s1. The Hall–Kier alpha value is -6.77. The summed E-state index contributed by atoms with van der Waals surface area (Å²) >= 11 is 0. The first-order valence-electron chi connectivity index (χ1n) is 20.5. The molecule has 320 valence electrons. The number of nitrogens with one attached hydrogen (secondary N) is 2. The molecule has 0 radical (unpaired) electrons. The van der Waals surface area contributed by atoms with Crippen LogP contribution in [0, 0.1) is 35.3 Å². The second kappa shape index (κ2) is 15.3. The van der Waals surface area contributed by atoms with Crippen LogP contribution in [0.15, 0.2) is 54.0 Å². The fourth-order valence-electron chi connectivity index (χ4n) is 9.72. The number of hydrogen-bond acceptors (Lipinski definition) is 14. The molecule has 4 aliphatic rings. The monoisotopic (exact) mass is 849 g/mol. The van der Waals surface area contributed by atoms with Crippen molar-refractivity contribution in [1.29, 1.82) is 10.9 Å². The van der Waals surface area contributed by atoms with Crippen molar-refractivity contribution in [1.82, 2.24) is 49.2 Å². The number of halogens is 3. The van der Waals surface area contributed by atoms with Gasteiger partial charge in [-0.3, -0.25) is 10.2 Å². The minimum Gasteiger partial charge on any atom is -0.458 e. The number of fused-ring (bicyclic) bond motifs is 8. The number of carbonyl (C=O) groups excluding carboxylic acids is 1. The van der Waals surface area contributed by atoms with E-state index in [0.717, 1.165) is 24.9 Å². The summed E-state index contributed by atoms with van der Waals surface area (Å²) in [4.78, 5) is 44.5. The number of nitrogens with zero attached hydrogens (tertiary/aromatic N) is 13. The van der Waals surface area contributed by atoms with Crippen molar-refractivity contribution in [3.63, 3.8) is 0 Å². The fraction of sp³-hybridized carbons (Fsp3) is 0.415. The van der Waals surface area contributed by atoms with E-state index in [2.05, 4.69) is 25.2 Å². The van der Waals surface area contributed by atoms with Gasteiger partial charge < -0.3 is 28.7 Å². The number of aryl methyl sites for hydroxylation is 1. The summed E-state index contributed by atoms with van der Waals surface area (Å²) in [6.07, 6.45) is 5.19. The molecule has 0 spiro atoms. The van der Waals surface area contributed by atoms with Crippen LogP contribution in [-0.2, 0) is 16.1 Å². The van der Waals surface area contributed by atoms with Crippen molar-refractivity contribution >= 4 is 46.1 Å². The van der Waals surface area contributed by atoms with Crippen LogP contribution in [0.25, 0.3) is 39.0 Å². The number of piperidine rings is 1. The molecule has 21 heteroatoms. The number of rotatable bonds is 8. The zero-order valence-corrected chi connectivity index (χ0v) is 34.0. The molecule has 10 rings (SSSR count). The van der Waals surface area contributed by atoms with Gasteiger partial charge in [0.25, 0.3) is 0 Å². The molecule has 4 aliphatic heterocycles. The Bertz CT molecular complexity index is 2740. The lowest BCUT2D eigenvalue weighted by Crippen LogP contribution is -2.64. The molecular weight excluding hydrogens is 808 g/mol. The molecule has 2 N–H and O–H groups in total. The number of aromatic nitrogens is 8. The summed E-state index contributed by atoms with van der Waals surface area (Å²) in [6.45, 7) is 4.76. The third-order valence-electron chi connectivity index (χ3n) is 12.4. The summed E-state index contributed by atoms with van der Waals surface area (Å²) in [5.41, 5.74) is 9.83. The quantitative estimate of drug-likeness (QED) is 0.0879. The lowest BCUT2D eigenvalue weighted by atomic mass is 9.77. The maximum Gasteiger partial charge on any atom is 0.317 e. The predicted octanol–water partition coefficient (Wildman–Crippen LogP) is 5.22. The fourth-order valence-corrected chi connectivity index (χ4v) is 9.72. The van der Waals surface area contributed by atoms with Gasteiger partial charge in [-0.05, 0) is 57.4 Å². The number of anilines is 2. The molecule has 3 fully saturated rings. The Morgan fingerprint density at radius 2 is 1.82 bits per heavy atom. The molecule has 3 saturated heterocycles. The van der Waals surface area contributed by atoms with E-state index in [1.54, 1.807) is 24.2 Å². The molecule has 6 bridgehead atoms. The molecule has 2 aromatic carbocycles. The van der Waals surface area contributed by atoms with Gasteiger partial charge in [-0.1, -0.05) is 5.22 Å². The average molecular weight is 850 g/mol. The first-order chi connectivity index (χ1) is 30.0. The Morgan fingerprint density at radius 1 is 1.00 bits per heavy atom. The minimum atomic E-state index is -0.841. The number of amides is 1. The molecule has 8 heterocycles. The topological polar surface area (TPSA) is 196 Å². The summed E-state index contributed by atoms with van der Waals surface area (Å²) in [7, 11) is 1.72. The van der Waals surface area contributed by atoms with Gasteiger partial charge in [0.1, 0.15) is 47.4 Å². The van der Waals surface area contributed by atoms with E-state index >= 15 is 8.78 Å². The van der Waals surface area contributed by atoms with Gasteiger partial charge in [0.15, 0.2) is 11.5 Å². The second-order valence-electron chi connectivity index (χ2n) is 16.2. The van der Waals surface area contributed by atoms with E-state index in [9.17, 15) is 9.18 Å². The van der Waals surface area contributed by atoms with Crippen LogP contribution in [0.5, 0.6) is 6.01 Å². The Labute approximate surface area is 352 Å². The zero-order chi connectivity index (χ0) is 43.0. The first-order valence-corrected chi connectivity index (χ1v) is 20.5. The smallest absolute Gasteiger partial charge is 0.317 e. The molecule has 1 unspecified atom stereocenters. The Balaban J connectivity index is 1.09. The highest BCUT2D eigenvalue weighted by Crippen LogP contribution is 2.44. The van der Waals surface area contributed by atoms with Crippen LogP contribution < -0.4 is 14.5 Å². The molecule has 0 saturated carbocycles. The van der Waals surface area contributed by atoms with Crippen molar-refractivity contribution in [3.05, 3.63) is 72.1 Å². The summed E-state index contributed by atoms with van der Waals surface area (Å²) in [5.74, 6) is -0.977. The molecular formula is C41H42F3N15O3. The molecule has 1 amide bonds. The SMILES string of the molecule is CCO[C@H]1CN(C)C(=O)[C@@H]2C[C@@H](CN2c2nc(N3[C@@H]4CC(N(C=N)N=N)C[C@H]3C4)nc3c2cnn3-c2ccc(F)cc2F)Oc2nccc(n2)-c2cc(F)cc3nc(C)n(c23)C1. The lowest BCUT2D eigenvalue weighted by molar-refractivity contribution is -0.133. The molecule has 18 nitrogen and oxygen atoms in total. The minimum absolute atomic E-state index is 0.0261. The van der Waals surface area contributed by atoms with Crippen LogP contribution in [0.3, 0.4) is 0 Å². The molecule has 0 aliphatic carbocycles. The highest BCUT2D eigenvalue weighted by Gasteiger charge is 2.49. The van der Waals surface area contributed by atoms with Crippen molar-refractivity contribution in [2.45, 2.75) is 82.5 Å². The van der Waals surface area contributed by atoms with Gasteiger partial charge in [0.05, 0.1) is 53.5 Å². The second-order valence-corrected chi connectivity index (χ2v) is 16.2. The maximum atomic E-state index is 15.5. The van der Waals surface area contributed by atoms with Crippen molar-refractivity contribution in [2.75, 3.05) is 36.5 Å².